The van der Waals surface area contributed by atoms with Gasteiger partial charge in [-0.25, -0.2) is 4.79 Å². The molecule has 1 atom stereocenters. The first-order valence-corrected chi connectivity index (χ1v) is 7.35. The fourth-order valence-electron chi connectivity index (χ4n) is 2.67. The number of ether oxygens (including phenoxy) is 1. The SMILES string of the molecule is CCN(Cc1ccoc1C(=O)OC)CC1CCCCN1. The Balaban J connectivity index is 1.95. The molecular weight excluding hydrogens is 256 g/mol. The highest BCUT2D eigenvalue weighted by Crippen LogP contribution is 2.16. The lowest BCUT2D eigenvalue weighted by Crippen LogP contribution is -2.43. The third-order valence-electron chi connectivity index (χ3n) is 3.85. The van der Waals surface area contributed by atoms with E-state index >= 15 is 0 Å². The summed E-state index contributed by atoms with van der Waals surface area (Å²) in [5.41, 5.74) is 0.898. The first-order valence-electron chi connectivity index (χ1n) is 7.35. The second-order valence-electron chi connectivity index (χ2n) is 5.24. The van der Waals surface area contributed by atoms with Gasteiger partial charge in [0.25, 0.3) is 0 Å². The number of furan rings is 1. The van der Waals surface area contributed by atoms with Crippen molar-refractivity contribution in [2.45, 2.75) is 38.8 Å². The third-order valence-corrected chi connectivity index (χ3v) is 3.85. The highest BCUT2D eigenvalue weighted by Gasteiger charge is 2.20. The first kappa shape index (κ1) is 15.1. The Labute approximate surface area is 120 Å². The van der Waals surface area contributed by atoms with Crippen molar-refractivity contribution in [3.05, 3.63) is 23.7 Å². The molecule has 0 radical (unpaired) electrons. The molecule has 1 N–H and O–H groups in total. The first-order chi connectivity index (χ1) is 9.74. The Morgan fingerprint density at radius 2 is 2.40 bits per heavy atom. The van der Waals surface area contributed by atoms with Crippen molar-refractivity contribution in [2.75, 3.05) is 26.7 Å². The smallest absolute Gasteiger partial charge is 0.374 e. The number of likely N-dealkylation sites (N-methyl/N-ethyl adjacent to an activating group) is 1. The van der Waals surface area contributed by atoms with E-state index in [4.69, 9.17) is 9.15 Å². The van der Waals surface area contributed by atoms with Crippen molar-refractivity contribution >= 4 is 5.97 Å². The maximum Gasteiger partial charge on any atom is 0.374 e. The summed E-state index contributed by atoms with van der Waals surface area (Å²) >= 11 is 0. The van der Waals surface area contributed by atoms with Crippen molar-refractivity contribution in [1.82, 2.24) is 10.2 Å². The van der Waals surface area contributed by atoms with Crippen LogP contribution in [-0.2, 0) is 11.3 Å². The standard InChI is InChI=1S/C15H24N2O3/c1-3-17(11-13-6-4-5-8-16-13)10-12-7-9-20-14(12)15(18)19-2/h7,9,13,16H,3-6,8,10-11H2,1-2H3. The molecule has 0 aliphatic carbocycles. The molecule has 0 amide bonds. The predicted octanol–water partition coefficient (Wildman–Crippen LogP) is 2.03. The molecule has 1 aliphatic rings. The number of carbonyl (C=O) groups is 1. The minimum absolute atomic E-state index is 0.322. The largest absolute Gasteiger partial charge is 0.463 e. The normalized spacial score (nSPS) is 19.2. The summed E-state index contributed by atoms with van der Waals surface area (Å²) in [6.45, 7) is 5.92. The lowest BCUT2D eigenvalue weighted by atomic mass is 10.0. The monoisotopic (exact) mass is 280 g/mol. The van der Waals surface area contributed by atoms with Gasteiger partial charge in [-0.3, -0.25) is 4.90 Å². The summed E-state index contributed by atoms with van der Waals surface area (Å²) in [6, 6.07) is 2.40. The molecule has 0 bridgehead atoms. The zero-order chi connectivity index (χ0) is 14.4. The van der Waals surface area contributed by atoms with Crippen LogP contribution in [0.2, 0.25) is 0 Å². The number of nitrogens with zero attached hydrogens (tertiary/aromatic N) is 1. The van der Waals surface area contributed by atoms with Gasteiger partial charge in [-0.1, -0.05) is 13.3 Å². The lowest BCUT2D eigenvalue weighted by Gasteiger charge is -2.29. The average molecular weight is 280 g/mol. The summed E-state index contributed by atoms with van der Waals surface area (Å²) in [6.07, 6.45) is 5.35. The fraction of sp³-hybridized carbons (Fsp3) is 0.667. The second kappa shape index (κ2) is 7.45. The summed E-state index contributed by atoms with van der Waals surface area (Å²) in [5.74, 6) is -0.0839. The highest BCUT2D eigenvalue weighted by molar-refractivity contribution is 5.87. The van der Waals surface area contributed by atoms with Crippen molar-refractivity contribution in [3.8, 4) is 0 Å². The Morgan fingerprint density at radius 1 is 1.55 bits per heavy atom. The molecule has 1 unspecified atom stereocenters. The predicted molar refractivity (Wildman–Crippen MR) is 76.6 cm³/mol. The van der Waals surface area contributed by atoms with Crippen molar-refractivity contribution < 1.29 is 13.9 Å². The fourth-order valence-corrected chi connectivity index (χ4v) is 2.67. The van der Waals surface area contributed by atoms with Crippen LogP contribution in [0.4, 0.5) is 0 Å². The molecule has 1 aliphatic heterocycles. The number of esters is 1. The molecule has 2 heterocycles. The highest BCUT2D eigenvalue weighted by atomic mass is 16.5. The van der Waals surface area contributed by atoms with Crippen LogP contribution in [0.1, 0.15) is 42.3 Å². The number of piperidine rings is 1. The van der Waals surface area contributed by atoms with Crippen LogP contribution in [0.5, 0.6) is 0 Å². The van der Waals surface area contributed by atoms with Gasteiger partial charge in [-0.2, -0.15) is 0 Å². The van der Waals surface area contributed by atoms with Gasteiger partial charge in [-0.05, 0) is 32.0 Å². The third kappa shape index (κ3) is 3.84. The molecule has 0 aromatic carbocycles. The zero-order valence-corrected chi connectivity index (χ0v) is 12.4. The molecule has 5 nitrogen and oxygen atoms in total. The van der Waals surface area contributed by atoms with Gasteiger partial charge in [-0.15, -0.1) is 0 Å². The van der Waals surface area contributed by atoms with Crippen molar-refractivity contribution in [3.63, 3.8) is 0 Å². The van der Waals surface area contributed by atoms with E-state index in [-0.39, 0.29) is 0 Å². The van der Waals surface area contributed by atoms with E-state index in [1.54, 1.807) is 6.26 Å². The van der Waals surface area contributed by atoms with Crippen molar-refractivity contribution in [1.29, 1.82) is 0 Å². The molecule has 1 aromatic rings. The van der Waals surface area contributed by atoms with Crippen LogP contribution in [-0.4, -0.2) is 43.7 Å². The quantitative estimate of drug-likeness (QED) is 0.808. The van der Waals surface area contributed by atoms with Gasteiger partial charge in [0.2, 0.25) is 5.76 Å². The number of methoxy groups -OCH3 is 1. The Morgan fingerprint density at radius 3 is 3.05 bits per heavy atom. The maximum absolute atomic E-state index is 11.6. The Hall–Kier alpha value is -1.33. The molecule has 112 valence electrons. The number of hydrogen-bond acceptors (Lipinski definition) is 5. The summed E-state index contributed by atoms with van der Waals surface area (Å²) in [5, 5.41) is 3.56. The van der Waals surface area contributed by atoms with Crippen LogP contribution < -0.4 is 5.32 Å². The van der Waals surface area contributed by atoms with Crippen LogP contribution in [0.3, 0.4) is 0 Å². The molecule has 1 saturated heterocycles. The van der Waals surface area contributed by atoms with Crippen LogP contribution in [0, 0.1) is 0 Å². The van der Waals surface area contributed by atoms with Crippen molar-refractivity contribution in [2.24, 2.45) is 0 Å². The maximum atomic E-state index is 11.6. The van der Waals surface area contributed by atoms with E-state index in [1.807, 2.05) is 6.07 Å². The zero-order valence-electron chi connectivity index (χ0n) is 12.4. The van der Waals surface area contributed by atoms with E-state index in [0.717, 1.165) is 31.7 Å². The van der Waals surface area contributed by atoms with E-state index in [1.165, 1.54) is 26.4 Å². The molecule has 2 rings (SSSR count). The Bertz CT molecular complexity index is 425. The topological polar surface area (TPSA) is 54.7 Å². The van der Waals surface area contributed by atoms with Crippen LogP contribution in [0.25, 0.3) is 0 Å². The summed E-state index contributed by atoms with van der Waals surface area (Å²) in [7, 11) is 1.37. The van der Waals surface area contributed by atoms with Gasteiger partial charge in [0.15, 0.2) is 0 Å². The number of hydrogen-bond donors (Lipinski definition) is 1. The minimum atomic E-state index is -0.406. The van der Waals surface area contributed by atoms with Gasteiger partial charge in [0.1, 0.15) is 0 Å². The minimum Gasteiger partial charge on any atom is -0.463 e. The average Bonchev–Trinajstić information content (AvgIpc) is 2.95. The van der Waals surface area contributed by atoms with Crippen LogP contribution >= 0.6 is 0 Å². The molecule has 1 fully saturated rings. The van der Waals surface area contributed by atoms with Gasteiger partial charge >= 0.3 is 5.97 Å². The number of carbonyl (C=O) groups excluding carboxylic acids is 1. The number of nitrogens with one attached hydrogen (secondary N) is 1. The van der Waals surface area contributed by atoms with E-state index < -0.39 is 5.97 Å². The Kier molecular flexibility index (Phi) is 5.61. The van der Waals surface area contributed by atoms with Gasteiger partial charge in [0, 0.05) is 24.7 Å². The molecule has 0 spiro atoms. The molecular formula is C15H24N2O3. The van der Waals surface area contributed by atoms with E-state index in [9.17, 15) is 4.79 Å². The lowest BCUT2D eigenvalue weighted by molar-refractivity contribution is 0.0561. The second-order valence-corrected chi connectivity index (χ2v) is 5.24. The molecule has 1 aromatic heterocycles. The van der Waals surface area contributed by atoms with Crippen LogP contribution in [0.15, 0.2) is 16.7 Å². The molecule has 20 heavy (non-hydrogen) atoms. The van der Waals surface area contributed by atoms with E-state index in [2.05, 4.69) is 17.1 Å². The van der Waals surface area contributed by atoms with Gasteiger partial charge < -0.3 is 14.5 Å². The summed E-state index contributed by atoms with van der Waals surface area (Å²) in [4.78, 5) is 13.9. The number of rotatable bonds is 6. The molecule has 0 saturated carbocycles. The van der Waals surface area contributed by atoms with Gasteiger partial charge in [0.05, 0.1) is 13.4 Å². The van der Waals surface area contributed by atoms with E-state index in [0.29, 0.717) is 11.8 Å². The summed E-state index contributed by atoms with van der Waals surface area (Å²) < 4.78 is 9.97. The molecule has 5 heteroatoms.